The highest BCUT2D eigenvalue weighted by Gasteiger charge is 2.29. The monoisotopic (exact) mass is 319 g/mol. The van der Waals surface area contributed by atoms with Crippen LogP contribution in [0.15, 0.2) is 12.3 Å². The zero-order valence-corrected chi connectivity index (χ0v) is 13.3. The Hall–Kier alpha value is -1.93. The smallest absolute Gasteiger partial charge is 0.267 e. The van der Waals surface area contributed by atoms with Gasteiger partial charge in [-0.25, -0.2) is 9.97 Å². The van der Waals surface area contributed by atoms with E-state index in [9.17, 15) is 4.79 Å². The second-order valence-electron chi connectivity index (χ2n) is 5.07. The maximum absolute atomic E-state index is 12.6. The Morgan fingerprint density at radius 3 is 3.18 bits per heavy atom. The highest BCUT2D eigenvalue weighted by Crippen LogP contribution is 2.22. The van der Waals surface area contributed by atoms with Crippen LogP contribution < -0.4 is 0 Å². The predicted molar refractivity (Wildman–Crippen MR) is 80.7 cm³/mol. The summed E-state index contributed by atoms with van der Waals surface area (Å²) in [4.78, 5) is 23.7. The van der Waals surface area contributed by atoms with Crippen LogP contribution in [0.5, 0.6) is 0 Å². The third-order valence-corrected chi connectivity index (χ3v) is 4.30. The number of hydrogen-bond acceptors (Lipinski definition) is 7. The number of carbonyl (C=O) groups is 1. The molecular formula is C14H17N5O2S. The Labute approximate surface area is 132 Å². The Morgan fingerprint density at radius 2 is 2.41 bits per heavy atom. The zero-order chi connectivity index (χ0) is 15.5. The first-order valence-electron chi connectivity index (χ1n) is 7.20. The van der Waals surface area contributed by atoms with E-state index in [2.05, 4.69) is 19.6 Å². The molecule has 3 heterocycles. The number of amides is 1. The second kappa shape index (κ2) is 6.45. The van der Waals surface area contributed by atoms with Crippen molar-refractivity contribution < 1.29 is 9.53 Å². The summed E-state index contributed by atoms with van der Waals surface area (Å²) >= 11 is 1.15. The van der Waals surface area contributed by atoms with E-state index >= 15 is 0 Å². The minimum Gasteiger partial charge on any atom is -0.367 e. The predicted octanol–water partition coefficient (Wildman–Crippen LogP) is 1.41. The van der Waals surface area contributed by atoms with Crippen LogP contribution in [-0.4, -0.2) is 50.1 Å². The lowest BCUT2D eigenvalue weighted by atomic mass is 10.2. The summed E-state index contributed by atoms with van der Waals surface area (Å²) in [6.45, 7) is 5.36. The molecule has 0 bridgehead atoms. The second-order valence-corrected chi connectivity index (χ2v) is 5.82. The number of hydrogen-bond donors (Lipinski definition) is 0. The summed E-state index contributed by atoms with van der Waals surface area (Å²) in [7, 11) is 0. The van der Waals surface area contributed by atoms with Crippen LogP contribution in [0.1, 0.15) is 39.9 Å². The Morgan fingerprint density at radius 1 is 1.55 bits per heavy atom. The number of aryl methyl sites for hydroxylation is 2. The van der Waals surface area contributed by atoms with Crippen molar-refractivity contribution in [2.45, 2.75) is 26.4 Å². The lowest BCUT2D eigenvalue weighted by Crippen LogP contribution is -2.42. The molecule has 1 unspecified atom stereocenters. The molecule has 0 saturated carbocycles. The van der Waals surface area contributed by atoms with Crippen LogP contribution in [0, 0.1) is 6.92 Å². The van der Waals surface area contributed by atoms with Crippen molar-refractivity contribution in [3.63, 3.8) is 0 Å². The summed E-state index contributed by atoms with van der Waals surface area (Å²) in [5.41, 5.74) is 1.64. The molecule has 7 nitrogen and oxygen atoms in total. The standard InChI is InChI=1S/C14H17N5O2S/c1-3-10-12(22-18-17-10)14(20)19-6-7-21-11(8-19)13-15-5-4-9(2)16-13/h4-5,11H,3,6-8H2,1-2H3. The fraction of sp³-hybridized carbons (Fsp3) is 0.500. The van der Waals surface area contributed by atoms with Gasteiger partial charge in [0.2, 0.25) is 0 Å². The summed E-state index contributed by atoms with van der Waals surface area (Å²) in [5, 5.41) is 4.00. The van der Waals surface area contributed by atoms with Crippen LogP contribution in [-0.2, 0) is 11.2 Å². The molecular weight excluding hydrogens is 302 g/mol. The number of nitrogens with zero attached hydrogens (tertiary/aromatic N) is 5. The number of morpholine rings is 1. The summed E-state index contributed by atoms with van der Waals surface area (Å²) in [5.74, 6) is 0.587. The molecule has 0 aliphatic carbocycles. The van der Waals surface area contributed by atoms with Gasteiger partial charge in [0.15, 0.2) is 5.82 Å². The molecule has 1 atom stereocenters. The molecule has 22 heavy (non-hydrogen) atoms. The van der Waals surface area contributed by atoms with E-state index < -0.39 is 0 Å². The first-order valence-corrected chi connectivity index (χ1v) is 7.98. The van der Waals surface area contributed by atoms with Gasteiger partial charge in [0.25, 0.3) is 5.91 Å². The highest BCUT2D eigenvalue weighted by molar-refractivity contribution is 7.08. The van der Waals surface area contributed by atoms with Gasteiger partial charge in [-0.3, -0.25) is 4.79 Å². The first-order chi connectivity index (χ1) is 10.7. The summed E-state index contributed by atoms with van der Waals surface area (Å²) in [6, 6.07) is 1.84. The minimum atomic E-state index is -0.288. The summed E-state index contributed by atoms with van der Waals surface area (Å²) < 4.78 is 9.61. The van der Waals surface area contributed by atoms with Crippen molar-refractivity contribution in [1.82, 2.24) is 24.5 Å². The van der Waals surface area contributed by atoms with Crippen molar-refractivity contribution in [2.24, 2.45) is 0 Å². The molecule has 1 fully saturated rings. The average molecular weight is 319 g/mol. The Bertz CT molecular complexity index is 675. The molecule has 0 aromatic carbocycles. The van der Waals surface area contributed by atoms with Gasteiger partial charge < -0.3 is 9.64 Å². The number of aromatic nitrogens is 4. The third kappa shape index (κ3) is 2.97. The molecule has 0 N–H and O–H groups in total. The first kappa shape index (κ1) is 15.0. The molecule has 2 aromatic heterocycles. The van der Waals surface area contributed by atoms with Crippen molar-refractivity contribution >= 4 is 17.4 Å². The van der Waals surface area contributed by atoms with Gasteiger partial charge in [0.05, 0.1) is 18.8 Å². The molecule has 1 aliphatic rings. The van der Waals surface area contributed by atoms with E-state index in [0.717, 1.165) is 22.9 Å². The molecule has 1 aliphatic heterocycles. The SMILES string of the molecule is CCc1nnsc1C(=O)N1CCOC(c2nccc(C)n2)C1. The van der Waals surface area contributed by atoms with Crippen molar-refractivity contribution in [2.75, 3.05) is 19.7 Å². The molecule has 3 rings (SSSR count). The molecule has 0 radical (unpaired) electrons. The van der Waals surface area contributed by atoms with E-state index in [1.54, 1.807) is 11.1 Å². The Kier molecular flexibility index (Phi) is 4.39. The van der Waals surface area contributed by atoms with Crippen LogP contribution in [0.2, 0.25) is 0 Å². The van der Waals surface area contributed by atoms with Crippen LogP contribution in [0.25, 0.3) is 0 Å². The fourth-order valence-corrected chi connectivity index (χ4v) is 3.08. The van der Waals surface area contributed by atoms with E-state index in [0.29, 0.717) is 36.8 Å². The minimum absolute atomic E-state index is 0.0344. The number of carbonyl (C=O) groups excluding carboxylic acids is 1. The van der Waals surface area contributed by atoms with Gasteiger partial charge >= 0.3 is 0 Å². The quantitative estimate of drug-likeness (QED) is 0.851. The van der Waals surface area contributed by atoms with Gasteiger partial charge in [-0.1, -0.05) is 11.4 Å². The largest absolute Gasteiger partial charge is 0.367 e. The highest BCUT2D eigenvalue weighted by atomic mass is 32.1. The van der Waals surface area contributed by atoms with E-state index in [1.807, 2.05) is 19.9 Å². The zero-order valence-electron chi connectivity index (χ0n) is 12.5. The van der Waals surface area contributed by atoms with E-state index in [1.165, 1.54) is 0 Å². The molecule has 0 spiro atoms. The van der Waals surface area contributed by atoms with Crippen LogP contribution in [0.4, 0.5) is 0 Å². The van der Waals surface area contributed by atoms with E-state index in [-0.39, 0.29) is 12.0 Å². The fourth-order valence-electron chi connectivity index (χ4n) is 2.36. The maximum atomic E-state index is 12.6. The Balaban J connectivity index is 1.77. The van der Waals surface area contributed by atoms with Crippen molar-refractivity contribution in [3.05, 3.63) is 34.4 Å². The number of ether oxygens (including phenoxy) is 1. The molecule has 1 amide bonds. The van der Waals surface area contributed by atoms with Gasteiger partial charge in [0, 0.05) is 18.4 Å². The normalized spacial score (nSPS) is 18.5. The topological polar surface area (TPSA) is 81.1 Å². The summed E-state index contributed by atoms with van der Waals surface area (Å²) in [6.07, 6.45) is 2.12. The molecule has 116 valence electrons. The van der Waals surface area contributed by atoms with Gasteiger partial charge in [-0.2, -0.15) is 0 Å². The van der Waals surface area contributed by atoms with Gasteiger partial charge in [-0.15, -0.1) is 5.10 Å². The van der Waals surface area contributed by atoms with Crippen LogP contribution in [0.3, 0.4) is 0 Å². The van der Waals surface area contributed by atoms with Crippen molar-refractivity contribution in [3.8, 4) is 0 Å². The molecule has 8 heteroatoms. The van der Waals surface area contributed by atoms with E-state index in [4.69, 9.17) is 4.74 Å². The maximum Gasteiger partial charge on any atom is 0.267 e. The molecule has 1 saturated heterocycles. The average Bonchev–Trinajstić information content (AvgIpc) is 3.03. The van der Waals surface area contributed by atoms with Gasteiger partial charge in [-0.05, 0) is 30.9 Å². The van der Waals surface area contributed by atoms with Crippen LogP contribution >= 0.6 is 11.5 Å². The molecule has 2 aromatic rings. The third-order valence-electron chi connectivity index (χ3n) is 3.54. The number of rotatable bonds is 3. The lowest BCUT2D eigenvalue weighted by molar-refractivity contribution is -0.0267. The van der Waals surface area contributed by atoms with Gasteiger partial charge in [0.1, 0.15) is 11.0 Å². The van der Waals surface area contributed by atoms with Crippen molar-refractivity contribution in [1.29, 1.82) is 0 Å². The lowest BCUT2D eigenvalue weighted by Gasteiger charge is -2.32.